The van der Waals surface area contributed by atoms with Gasteiger partial charge in [0.15, 0.2) is 0 Å². The maximum atomic E-state index is 11.4. The molecule has 110 valence electrons. The molecule has 8 nitrogen and oxygen atoms in total. The van der Waals surface area contributed by atoms with Gasteiger partial charge in [0.05, 0.1) is 6.54 Å². The number of amides is 1. The molecular weight excluding hydrogens is 258 g/mol. The van der Waals surface area contributed by atoms with Crippen LogP contribution in [-0.4, -0.2) is 54.1 Å². The molecule has 0 aliphatic carbocycles. The van der Waals surface area contributed by atoms with Gasteiger partial charge >= 0.3 is 0 Å². The summed E-state index contributed by atoms with van der Waals surface area (Å²) in [6.07, 6.45) is 2.31. The van der Waals surface area contributed by atoms with Crippen LogP contribution < -0.4 is 20.9 Å². The predicted octanol–water partition coefficient (Wildman–Crippen LogP) is 0.0615. The van der Waals surface area contributed by atoms with Crippen LogP contribution in [0.25, 0.3) is 0 Å². The molecule has 3 N–H and O–H groups in total. The van der Waals surface area contributed by atoms with Gasteiger partial charge in [-0.05, 0) is 19.8 Å². The van der Waals surface area contributed by atoms with Crippen LogP contribution in [0.15, 0.2) is 0 Å². The highest BCUT2D eigenvalue weighted by Gasteiger charge is 2.17. The van der Waals surface area contributed by atoms with Crippen molar-refractivity contribution in [3.05, 3.63) is 0 Å². The number of anilines is 3. The summed E-state index contributed by atoms with van der Waals surface area (Å²) in [4.78, 5) is 26.5. The molecule has 0 aromatic carbocycles. The predicted molar refractivity (Wildman–Crippen MR) is 78.0 cm³/mol. The third kappa shape index (κ3) is 3.69. The van der Waals surface area contributed by atoms with Crippen molar-refractivity contribution in [1.29, 1.82) is 0 Å². The Morgan fingerprint density at radius 3 is 2.55 bits per heavy atom. The Morgan fingerprint density at radius 1 is 1.20 bits per heavy atom. The van der Waals surface area contributed by atoms with Crippen LogP contribution in [0, 0.1) is 0 Å². The first-order chi connectivity index (χ1) is 9.72. The van der Waals surface area contributed by atoms with Crippen molar-refractivity contribution < 1.29 is 4.79 Å². The zero-order valence-corrected chi connectivity index (χ0v) is 11.9. The first-order valence-corrected chi connectivity index (χ1v) is 6.92. The minimum atomic E-state index is -0.0818. The van der Waals surface area contributed by atoms with Crippen LogP contribution in [0.5, 0.6) is 0 Å². The smallest absolute Gasteiger partial charge is 0.239 e. The number of rotatable bonds is 6. The molecule has 1 saturated heterocycles. The van der Waals surface area contributed by atoms with Crippen LogP contribution in [0.1, 0.15) is 19.8 Å². The lowest BCUT2D eigenvalue weighted by Crippen LogP contribution is -2.30. The number of carbonyl (C=O) groups is 1. The van der Waals surface area contributed by atoms with E-state index in [1.165, 1.54) is 0 Å². The molecule has 0 saturated carbocycles. The second-order valence-corrected chi connectivity index (χ2v) is 4.53. The maximum absolute atomic E-state index is 11.4. The maximum Gasteiger partial charge on any atom is 0.239 e. The van der Waals surface area contributed by atoms with Gasteiger partial charge in [-0.25, -0.2) is 0 Å². The van der Waals surface area contributed by atoms with Gasteiger partial charge in [-0.2, -0.15) is 15.0 Å². The molecule has 8 heteroatoms. The highest BCUT2D eigenvalue weighted by atomic mass is 16.1. The first-order valence-electron chi connectivity index (χ1n) is 6.92. The molecule has 0 unspecified atom stereocenters. The van der Waals surface area contributed by atoms with E-state index in [9.17, 15) is 4.79 Å². The molecule has 1 aromatic heterocycles. The van der Waals surface area contributed by atoms with Crippen molar-refractivity contribution in [3.8, 4) is 0 Å². The Morgan fingerprint density at radius 2 is 1.90 bits per heavy atom. The van der Waals surface area contributed by atoms with E-state index in [-0.39, 0.29) is 12.5 Å². The zero-order chi connectivity index (χ0) is 14.4. The lowest BCUT2D eigenvalue weighted by Gasteiger charge is -2.16. The van der Waals surface area contributed by atoms with Crippen molar-refractivity contribution in [2.24, 2.45) is 0 Å². The van der Waals surface area contributed by atoms with Gasteiger partial charge < -0.3 is 20.9 Å². The molecule has 0 atom stereocenters. The number of likely N-dealkylation sites (N-methyl/N-ethyl adjacent to an activating group) is 1. The van der Waals surface area contributed by atoms with E-state index >= 15 is 0 Å². The highest BCUT2D eigenvalue weighted by molar-refractivity contribution is 5.80. The fourth-order valence-corrected chi connectivity index (χ4v) is 2.03. The Balaban J connectivity index is 2.07. The zero-order valence-electron chi connectivity index (χ0n) is 11.9. The molecule has 1 aromatic rings. The van der Waals surface area contributed by atoms with Gasteiger partial charge in [-0.1, -0.05) is 0 Å². The van der Waals surface area contributed by atoms with E-state index in [2.05, 4.69) is 35.8 Å². The molecule has 0 radical (unpaired) electrons. The lowest BCUT2D eigenvalue weighted by molar-refractivity contribution is -0.119. The molecule has 0 spiro atoms. The van der Waals surface area contributed by atoms with Gasteiger partial charge in [-0.15, -0.1) is 0 Å². The minimum Gasteiger partial charge on any atom is -0.357 e. The normalized spacial score (nSPS) is 14.2. The van der Waals surface area contributed by atoms with Crippen LogP contribution in [0.2, 0.25) is 0 Å². The van der Waals surface area contributed by atoms with Crippen LogP contribution in [0.4, 0.5) is 17.8 Å². The van der Waals surface area contributed by atoms with Crippen LogP contribution in [-0.2, 0) is 4.79 Å². The SMILES string of the molecule is CCNC(=O)CNc1nc(NC)nc(N2CCCC2)n1. The fourth-order valence-electron chi connectivity index (χ4n) is 2.03. The van der Waals surface area contributed by atoms with Crippen molar-refractivity contribution >= 4 is 23.8 Å². The quantitative estimate of drug-likeness (QED) is 0.678. The van der Waals surface area contributed by atoms with E-state index < -0.39 is 0 Å². The number of aromatic nitrogens is 3. The summed E-state index contributed by atoms with van der Waals surface area (Å²) in [6.45, 7) is 4.57. The number of hydrogen-bond donors (Lipinski definition) is 3. The largest absolute Gasteiger partial charge is 0.357 e. The monoisotopic (exact) mass is 279 g/mol. The van der Waals surface area contributed by atoms with E-state index in [1.807, 2.05) is 6.92 Å². The molecule has 2 rings (SSSR count). The number of nitrogens with one attached hydrogen (secondary N) is 3. The summed E-state index contributed by atoms with van der Waals surface area (Å²) in [7, 11) is 1.76. The van der Waals surface area contributed by atoms with Crippen molar-refractivity contribution in [2.45, 2.75) is 19.8 Å². The number of carbonyl (C=O) groups excluding carboxylic acids is 1. The van der Waals surface area contributed by atoms with E-state index in [1.54, 1.807) is 7.05 Å². The minimum absolute atomic E-state index is 0.0818. The Hall–Kier alpha value is -2.12. The highest BCUT2D eigenvalue weighted by Crippen LogP contribution is 2.18. The fraction of sp³-hybridized carbons (Fsp3) is 0.667. The Kier molecular flexibility index (Phi) is 4.91. The third-order valence-electron chi connectivity index (χ3n) is 3.02. The second-order valence-electron chi connectivity index (χ2n) is 4.53. The molecule has 2 heterocycles. The molecular formula is C12H21N7O. The van der Waals surface area contributed by atoms with Crippen molar-refractivity contribution in [3.63, 3.8) is 0 Å². The average molecular weight is 279 g/mol. The molecule has 0 bridgehead atoms. The standard InChI is InChI=1S/C12H21N7O/c1-3-14-9(20)8-15-11-16-10(13-2)17-12(18-11)19-6-4-5-7-19/h3-8H2,1-2H3,(H,14,20)(H2,13,15,16,17,18). The molecule has 1 aliphatic heterocycles. The van der Waals surface area contributed by atoms with Gasteiger partial charge in [0, 0.05) is 26.7 Å². The van der Waals surface area contributed by atoms with Gasteiger partial charge in [0.1, 0.15) is 0 Å². The number of hydrogen-bond acceptors (Lipinski definition) is 7. The van der Waals surface area contributed by atoms with E-state index in [0.717, 1.165) is 25.9 Å². The first kappa shape index (κ1) is 14.3. The van der Waals surface area contributed by atoms with E-state index in [4.69, 9.17) is 0 Å². The molecule has 1 fully saturated rings. The van der Waals surface area contributed by atoms with Crippen LogP contribution >= 0.6 is 0 Å². The summed E-state index contributed by atoms with van der Waals surface area (Å²) in [5.74, 6) is 1.49. The summed E-state index contributed by atoms with van der Waals surface area (Å²) >= 11 is 0. The molecule has 1 aliphatic rings. The summed E-state index contributed by atoms with van der Waals surface area (Å²) in [6, 6.07) is 0. The second kappa shape index (κ2) is 6.88. The average Bonchev–Trinajstić information content (AvgIpc) is 2.99. The van der Waals surface area contributed by atoms with Crippen LogP contribution in [0.3, 0.4) is 0 Å². The van der Waals surface area contributed by atoms with Gasteiger partial charge in [0.2, 0.25) is 23.8 Å². The Labute approximate surface area is 118 Å². The van der Waals surface area contributed by atoms with E-state index in [0.29, 0.717) is 24.4 Å². The summed E-state index contributed by atoms with van der Waals surface area (Å²) in [5.41, 5.74) is 0. The lowest BCUT2D eigenvalue weighted by atomic mass is 10.4. The molecule has 20 heavy (non-hydrogen) atoms. The molecule has 1 amide bonds. The topological polar surface area (TPSA) is 95.1 Å². The van der Waals surface area contributed by atoms with Gasteiger partial charge in [0.25, 0.3) is 0 Å². The third-order valence-corrected chi connectivity index (χ3v) is 3.02. The van der Waals surface area contributed by atoms with Crippen molar-refractivity contribution in [1.82, 2.24) is 20.3 Å². The Bertz CT molecular complexity index is 459. The summed E-state index contributed by atoms with van der Waals surface area (Å²) in [5, 5.41) is 8.56. The number of nitrogens with zero attached hydrogens (tertiary/aromatic N) is 4. The van der Waals surface area contributed by atoms with Gasteiger partial charge in [-0.3, -0.25) is 4.79 Å². The van der Waals surface area contributed by atoms with Crippen molar-refractivity contribution in [2.75, 3.05) is 48.8 Å². The summed E-state index contributed by atoms with van der Waals surface area (Å²) < 4.78 is 0.